The summed E-state index contributed by atoms with van der Waals surface area (Å²) in [7, 11) is -1.53. The van der Waals surface area contributed by atoms with Gasteiger partial charge in [0, 0.05) is 13.6 Å². The fourth-order valence-electron chi connectivity index (χ4n) is 0.869. The van der Waals surface area contributed by atoms with Gasteiger partial charge in [-0.15, -0.1) is 0 Å². The molecule has 0 saturated heterocycles. The molecule has 0 aliphatic heterocycles. The van der Waals surface area contributed by atoms with Crippen molar-refractivity contribution in [3.05, 3.63) is 0 Å². The van der Waals surface area contributed by atoms with Crippen molar-refractivity contribution in [3.63, 3.8) is 0 Å². The summed E-state index contributed by atoms with van der Waals surface area (Å²) in [5, 5.41) is 0. The zero-order chi connectivity index (χ0) is 10.9. The fourth-order valence-corrected chi connectivity index (χ4v) is 2.61. The first-order valence-electron chi connectivity index (χ1n) is 4.63. The van der Waals surface area contributed by atoms with Crippen molar-refractivity contribution in [2.45, 2.75) is 39.4 Å². The molecule has 4 heteroatoms. The van der Waals surface area contributed by atoms with Crippen LogP contribution in [-0.4, -0.2) is 31.1 Å². The van der Waals surface area contributed by atoms with E-state index in [2.05, 4.69) is 0 Å². The van der Waals surface area contributed by atoms with Crippen molar-refractivity contribution < 1.29 is 8.42 Å². The number of nitrogens with zero attached hydrogens (tertiary/aromatic N) is 1. The topological polar surface area (TPSA) is 37.4 Å². The molecule has 3 nitrogen and oxygen atoms in total. The normalized spacial score (nSPS) is 14.2. The van der Waals surface area contributed by atoms with Crippen molar-refractivity contribution >= 4 is 10.0 Å². The second kappa shape index (κ2) is 3.96. The average Bonchev–Trinajstić information content (AvgIpc) is 2.02. The molecular formula is C9H21NO2S. The lowest BCUT2D eigenvalue weighted by molar-refractivity contribution is 0.403. The number of rotatable bonds is 4. The molecule has 0 aromatic heterocycles. The summed E-state index contributed by atoms with van der Waals surface area (Å²) in [6.45, 7) is 9.78. The molecule has 0 aliphatic rings. The molecule has 0 heterocycles. The summed E-state index contributed by atoms with van der Waals surface area (Å²) >= 11 is 0. The van der Waals surface area contributed by atoms with Crippen LogP contribution in [0.15, 0.2) is 0 Å². The standard InChI is InChI=1S/C9H21NO2S/c1-7-10(6)13(11,12)9(4,5)8(2)3/h8H,7H2,1-6H3. The molecule has 0 bridgehead atoms. The van der Waals surface area contributed by atoms with Gasteiger partial charge in [-0.3, -0.25) is 0 Å². The second-order valence-corrected chi connectivity index (χ2v) is 6.80. The van der Waals surface area contributed by atoms with E-state index in [1.54, 1.807) is 20.9 Å². The van der Waals surface area contributed by atoms with E-state index in [1.807, 2.05) is 20.8 Å². The van der Waals surface area contributed by atoms with Crippen LogP contribution in [0, 0.1) is 5.92 Å². The van der Waals surface area contributed by atoms with E-state index >= 15 is 0 Å². The summed E-state index contributed by atoms with van der Waals surface area (Å²) in [6.07, 6.45) is 0. The summed E-state index contributed by atoms with van der Waals surface area (Å²) in [4.78, 5) is 0. The third kappa shape index (κ3) is 2.23. The molecule has 13 heavy (non-hydrogen) atoms. The van der Waals surface area contributed by atoms with Crippen LogP contribution in [0.2, 0.25) is 0 Å². The molecule has 0 saturated carbocycles. The van der Waals surface area contributed by atoms with E-state index < -0.39 is 14.8 Å². The average molecular weight is 207 g/mol. The maximum atomic E-state index is 12.0. The van der Waals surface area contributed by atoms with Crippen LogP contribution in [0.25, 0.3) is 0 Å². The van der Waals surface area contributed by atoms with Crippen molar-refractivity contribution in [1.82, 2.24) is 4.31 Å². The van der Waals surface area contributed by atoms with Crippen molar-refractivity contribution in [3.8, 4) is 0 Å². The maximum absolute atomic E-state index is 12.0. The Kier molecular flexibility index (Phi) is 3.94. The minimum atomic E-state index is -3.15. The summed E-state index contributed by atoms with van der Waals surface area (Å²) < 4.78 is 24.6. The Hall–Kier alpha value is -0.0900. The summed E-state index contributed by atoms with van der Waals surface area (Å²) in [6, 6.07) is 0. The SMILES string of the molecule is CCN(C)S(=O)(=O)C(C)(C)C(C)C. The molecular weight excluding hydrogens is 186 g/mol. The lowest BCUT2D eigenvalue weighted by Crippen LogP contribution is -2.46. The quantitative estimate of drug-likeness (QED) is 0.703. The highest BCUT2D eigenvalue weighted by Gasteiger charge is 2.39. The van der Waals surface area contributed by atoms with E-state index in [-0.39, 0.29) is 5.92 Å². The van der Waals surface area contributed by atoms with Gasteiger partial charge in [-0.1, -0.05) is 20.8 Å². The summed E-state index contributed by atoms with van der Waals surface area (Å²) in [5.74, 6) is 0.117. The Bertz CT molecular complexity index is 255. The molecule has 80 valence electrons. The molecule has 0 amide bonds. The Morgan fingerprint density at radius 3 is 1.92 bits per heavy atom. The largest absolute Gasteiger partial charge is 0.219 e. The van der Waals surface area contributed by atoms with E-state index in [0.29, 0.717) is 6.54 Å². The molecule has 0 rings (SSSR count). The molecule has 0 N–H and O–H groups in total. The van der Waals surface area contributed by atoms with Crippen LogP contribution in [-0.2, 0) is 10.0 Å². The van der Waals surface area contributed by atoms with Crippen LogP contribution in [0.4, 0.5) is 0 Å². The number of sulfonamides is 1. The minimum Gasteiger partial charge on any atom is -0.212 e. The molecule has 0 aromatic carbocycles. The Morgan fingerprint density at radius 1 is 1.31 bits per heavy atom. The zero-order valence-corrected chi connectivity index (χ0v) is 10.3. The number of hydrogen-bond donors (Lipinski definition) is 0. The van der Waals surface area contributed by atoms with Crippen molar-refractivity contribution in [1.29, 1.82) is 0 Å². The molecule has 0 fully saturated rings. The highest BCUT2D eigenvalue weighted by atomic mass is 32.2. The van der Waals surface area contributed by atoms with Gasteiger partial charge in [-0.2, -0.15) is 0 Å². The van der Waals surface area contributed by atoms with E-state index in [9.17, 15) is 8.42 Å². The van der Waals surface area contributed by atoms with Crippen molar-refractivity contribution in [2.75, 3.05) is 13.6 Å². The van der Waals surface area contributed by atoms with Crippen LogP contribution in [0.5, 0.6) is 0 Å². The third-order valence-electron chi connectivity index (χ3n) is 2.91. The monoisotopic (exact) mass is 207 g/mol. The van der Waals surface area contributed by atoms with Gasteiger partial charge in [0.25, 0.3) is 0 Å². The molecule has 0 atom stereocenters. The maximum Gasteiger partial charge on any atom is 0.219 e. The molecule has 0 aromatic rings. The Morgan fingerprint density at radius 2 is 1.69 bits per heavy atom. The van der Waals surface area contributed by atoms with E-state index in [1.165, 1.54) is 4.31 Å². The van der Waals surface area contributed by atoms with Gasteiger partial charge in [0.1, 0.15) is 0 Å². The first-order chi connectivity index (χ1) is 5.67. The van der Waals surface area contributed by atoms with Crippen LogP contribution < -0.4 is 0 Å². The van der Waals surface area contributed by atoms with Gasteiger partial charge in [-0.25, -0.2) is 12.7 Å². The highest BCUT2D eigenvalue weighted by molar-refractivity contribution is 7.90. The van der Waals surface area contributed by atoms with Crippen LogP contribution in [0.3, 0.4) is 0 Å². The van der Waals surface area contributed by atoms with E-state index in [4.69, 9.17) is 0 Å². The molecule has 0 radical (unpaired) electrons. The lowest BCUT2D eigenvalue weighted by Gasteiger charge is -2.32. The van der Waals surface area contributed by atoms with Gasteiger partial charge in [0.2, 0.25) is 10.0 Å². The Labute approximate surface area is 82.2 Å². The van der Waals surface area contributed by atoms with E-state index in [0.717, 1.165) is 0 Å². The van der Waals surface area contributed by atoms with Gasteiger partial charge in [-0.05, 0) is 19.8 Å². The smallest absolute Gasteiger partial charge is 0.212 e. The Balaban J connectivity index is 5.05. The number of hydrogen-bond acceptors (Lipinski definition) is 2. The van der Waals surface area contributed by atoms with Crippen LogP contribution in [0.1, 0.15) is 34.6 Å². The first kappa shape index (κ1) is 12.9. The minimum absolute atomic E-state index is 0.117. The predicted molar refractivity (Wildman–Crippen MR) is 56.1 cm³/mol. The van der Waals surface area contributed by atoms with Gasteiger partial charge >= 0.3 is 0 Å². The lowest BCUT2D eigenvalue weighted by atomic mass is 10.00. The predicted octanol–water partition coefficient (Wildman–Crippen LogP) is 1.70. The molecule has 0 aliphatic carbocycles. The third-order valence-corrected chi connectivity index (χ3v) is 5.79. The van der Waals surface area contributed by atoms with Crippen LogP contribution >= 0.6 is 0 Å². The zero-order valence-electron chi connectivity index (χ0n) is 9.46. The van der Waals surface area contributed by atoms with Gasteiger partial charge in [0.15, 0.2) is 0 Å². The molecule has 0 unspecified atom stereocenters. The molecule has 0 spiro atoms. The first-order valence-corrected chi connectivity index (χ1v) is 6.07. The fraction of sp³-hybridized carbons (Fsp3) is 1.00. The summed E-state index contributed by atoms with van der Waals surface area (Å²) in [5.41, 5.74) is 0. The van der Waals surface area contributed by atoms with Gasteiger partial charge < -0.3 is 0 Å². The van der Waals surface area contributed by atoms with Gasteiger partial charge in [0.05, 0.1) is 4.75 Å². The second-order valence-electron chi connectivity index (χ2n) is 4.18. The van der Waals surface area contributed by atoms with Crippen molar-refractivity contribution in [2.24, 2.45) is 5.92 Å². The highest BCUT2D eigenvalue weighted by Crippen LogP contribution is 2.27.